The lowest BCUT2D eigenvalue weighted by atomic mass is 9.96. The Balaban J connectivity index is 2.15. The van der Waals surface area contributed by atoms with E-state index in [2.05, 4.69) is 16.0 Å². The standard InChI is InChI=1S/C15H13N3/c16-15(12-4-2-7-17-9-12)13-5-1-3-11-6-8-18-10-14(11)13/h1-10,15H,16H2. The zero-order valence-electron chi connectivity index (χ0n) is 9.82. The van der Waals surface area contributed by atoms with Gasteiger partial charge in [-0.15, -0.1) is 0 Å². The van der Waals surface area contributed by atoms with Gasteiger partial charge < -0.3 is 5.73 Å². The van der Waals surface area contributed by atoms with Crippen molar-refractivity contribution in [1.82, 2.24) is 9.97 Å². The predicted octanol–water partition coefficient (Wildman–Crippen LogP) is 2.68. The van der Waals surface area contributed by atoms with Crippen LogP contribution < -0.4 is 5.73 Å². The minimum Gasteiger partial charge on any atom is -0.320 e. The fourth-order valence-electron chi connectivity index (χ4n) is 2.15. The largest absolute Gasteiger partial charge is 0.320 e. The maximum Gasteiger partial charge on any atom is 0.0573 e. The summed E-state index contributed by atoms with van der Waals surface area (Å²) in [5.41, 5.74) is 8.40. The molecule has 3 nitrogen and oxygen atoms in total. The molecule has 2 N–H and O–H groups in total. The van der Waals surface area contributed by atoms with Crippen molar-refractivity contribution in [3.8, 4) is 0 Å². The van der Waals surface area contributed by atoms with Crippen LogP contribution in [0.15, 0.2) is 61.2 Å². The van der Waals surface area contributed by atoms with Crippen LogP contribution in [0, 0.1) is 0 Å². The van der Waals surface area contributed by atoms with E-state index < -0.39 is 0 Å². The predicted molar refractivity (Wildman–Crippen MR) is 72.0 cm³/mol. The van der Waals surface area contributed by atoms with Gasteiger partial charge in [0, 0.05) is 30.2 Å². The first-order valence-corrected chi connectivity index (χ1v) is 5.84. The van der Waals surface area contributed by atoms with Gasteiger partial charge in [-0.25, -0.2) is 0 Å². The Morgan fingerprint density at radius 2 is 1.78 bits per heavy atom. The van der Waals surface area contributed by atoms with Crippen LogP contribution >= 0.6 is 0 Å². The lowest BCUT2D eigenvalue weighted by molar-refractivity contribution is 0.871. The number of nitrogens with zero attached hydrogens (tertiary/aromatic N) is 2. The van der Waals surface area contributed by atoms with E-state index in [1.165, 1.54) is 0 Å². The van der Waals surface area contributed by atoms with Crippen molar-refractivity contribution in [2.24, 2.45) is 5.73 Å². The molecule has 88 valence electrons. The molecule has 2 heterocycles. The van der Waals surface area contributed by atoms with Crippen LogP contribution in [0.5, 0.6) is 0 Å². The van der Waals surface area contributed by atoms with Crippen molar-refractivity contribution < 1.29 is 0 Å². The fourth-order valence-corrected chi connectivity index (χ4v) is 2.15. The number of nitrogens with two attached hydrogens (primary N) is 1. The van der Waals surface area contributed by atoms with Gasteiger partial charge in [0.15, 0.2) is 0 Å². The van der Waals surface area contributed by atoms with Crippen molar-refractivity contribution >= 4 is 10.8 Å². The minimum absolute atomic E-state index is 0.174. The Morgan fingerprint density at radius 1 is 0.889 bits per heavy atom. The molecule has 0 fully saturated rings. The van der Waals surface area contributed by atoms with Crippen molar-refractivity contribution in [3.63, 3.8) is 0 Å². The second-order valence-electron chi connectivity index (χ2n) is 4.21. The molecule has 0 saturated carbocycles. The maximum atomic E-state index is 6.31. The molecule has 0 saturated heterocycles. The van der Waals surface area contributed by atoms with E-state index in [-0.39, 0.29) is 6.04 Å². The second-order valence-corrected chi connectivity index (χ2v) is 4.21. The fraction of sp³-hybridized carbons (Fsp3) is 0.0667. The molecule has 1 atom stereocenters. The molecule has 18 heavy (non-hydrogen) atoms. The van der Waals surface area contributed by atoms with Gasteiger partial charge in [-0.3, -0.25) is 9.97 Å². The van der Waals surface area contributed by atoms with Gasteiger partial charge in [0.1, 0.15) is 0 Å². The van der Waals surface area contributed by atoms with Crippen LogP contribution in [-0.4, -0.2) is 9.97 Å². The summed E-state index contributed by atoms with van der Waals surface area (Å²) in [5.74, 6) is 0. The van der Waals surface area contributed by atoms with Gasteiger partial charge in [-0.2, -0.15) is 0 Å². The molecule has 0 amide bonds. The summed E-state index contributed by atoms with van der Waals surface area (Å²) in [6.07, 6.45) is 7.21. The zero-order valence-corrected chi connectivity index (χ0v) is 9.82. The third-order valence-corrected chi connectivity index (χ3v) is 3.10. The van der Waals surface area contributed by atoms with Crippen LogP contribution in [-0.2, 0) is 0 Å². The molecule has 3 rings (SSSR count). The Morgan fingerprint density at radius 3 is 2.61 bits per heavy atom. The zero-order chi connectivity index (χ0) is 12.4. The maximum absolute atomic E-state index is 6.31. The van der Waals surface area contributed by atoms with Crippen molar-refractivity contribution in [3.05, 3.63) is 72.3 Å². The first-order valence-electron chi connectivity index (χ1n) is 5.84. The average molecular weight is 235 g/mol. The van der Waals surface area contributed by atoms with Crippen molar-refractivity contribution in [2.45, 2.75) is 6.04 Å². The van der Waals surface area contributed by atoms with E-state index in [9.17, 15) is 0 Å². The first kappa shape index (κ1) is 10.9. The third-order valence-electron chi connectivity index (χ3n) is 3.10. The minimum atomic E-state index is -0.174. The number of benzene rings is 1. The number of hydrogen-bond acceptors (Lipinski definition) is 3. The highest BCUT2D eigenvalue weighted by molar-refractivity contribution is 5.85. The number of pyridine rings is 2. The SMILES string of the molecule is NC(c1cccnc1)c1cccc2ccncc12. The summed E-state index contributed by atoms with van der Waals surface area (Å²) in [6.45, 7) is 0. The number of fused-ring (bicyclic) bond motifs is 1. The Labute approximate surface area is 105 Å². The molecular formula is C15H13N3. The molecule has 0 aliphatic heterocycles. The molecule has 3 heteroatoms. The van der Waals surface area contributed by atoms with Gasteiger partial charge in [-0.1, -0.05) is 24.3 Å². The summed E-state index contributed by atoms with van der Waals surface area (Å²) in [7, 11) is 0. The van der Waals surface area contributed by atoms with E-state index in [1.54, 1.807) is 18.6 Å². The third kappa shape index (κ3) is 1.85. The Kier molecular flexibility index (Phi) is 2.74. The lowest BCUT2D eigenvalue weighted by Crippen LogP contribution is -2.12. The topological polar surface area (TPSA) is 51.8 Å². The molecule has 0 aliphatic rings. The normalized spacial score (nSPS) is 12.5. The van der Waals surface area contributed by atoms with Gasteiger partial charge in [-0.05, 0) is 28.6 Å². The van der Waals surface area contributed by atoms with Crippen LogP contribution in [0.2, 0.25) is 0 Å². The molecule has 0 spiro atoms. The molecule has 2 aromatic heterocycles. The number of rotatable bonds is 2. The van der Waals surface area contributed by atoms with E-state index in [1.807, 2.05) is 36.5 Å². The summed E-state index contributed by atoms with van der Waals surface area (Å²) >= 11 is 0. The van der Waals surface area contributed by atoms with Gasteiger partial charge in [0.25, 0.3) is 0 Å². The van der Waals surface area contributed by atoms with Crippen LogP contribution in [0.1, 0.15) is 17.2 Å². The van der Waals surface area contributed by atoms with Crippen molar-refractivity contribution in [1.29, 1.82) is 0 Å². The van der Waals surface area contributed by atoms with Crippen LogP contribution in [0.3, 0.4) is 0 Å². The first-order chi connectivity index (χ1) is 8.86. The molecule has 1 aromatic carbocycles. The quantitative estimate of drug-likeness (QED) is 0.743. The molecule has 0 aliphatic carbocycles. The smallest absolute Gasteiger partial charge is 0.0573 e. The monoisotopic (exact) mass is 235 g/mol. The second kappa shape index (κ2) is 4.55. The van der Waals surface area contributed by atoms with E-state index >= 15 is 0 Å². The summed E-state index contributed by atoms with van der Waals surface area (Å²) < 4.78 is 0. The molecule has 0 bridgehead atoms. The van der Waals surface area contributed by atoms with Gasteiger partial charge in [0.2, 0.25) is 0 Å². The Hall–Kier alpha value is -2.26. The average Bonchev–Trinajstić information content (AvgIpc) is 2.47. The summed E-state index contributed by atoms with van der Waals surface area (Å²) in [4.78, 5) is 8.29. The van der Waals surface area contributed by atoms with Crippen molar-refractivity contribution in [2.75, 3.05) is 0 Å². The van der Waals surface area contributed by atoms with Gasteiger partial charge in [0.05, 0.1) is 6.04 Å². The van der Waals surface area contributed by atoms with Crippen LogP contribution in [0.25, 0.3) is 10.8 Å². The molecule has 0 radical (unpaired) electrons. The highest BCUT2D eigenvalue weighted by Crippen LogP contribution is 2.26. The highest BCUT2D eigenvalue weighted by atomic mass is 14.7. The lowest BCUT2D eigenvalue weighted by Gasteiger charge is -2.14. The summed E-state index contributed by atoms with van der Waals surface area (Å²) in [6, 6.07) is 11.8. The Bertz CT molecular complexity index is 659. The van der Waals surface area contributed by atoms with E-state index in [0.717, 1.165) is 21.9 Å². The van der Waals surface area contributed by atoms with E-state index in [0.29, 0.717) is 0 Å². The van der Waals surface area contributed by atoms with Gasteiger partial charge >= 0.3 is 0 Å². The molecule has 3 aromatic rings. The highest BCUT2D eigenvalue weighted by Gasteiger charge is 2.11. The van der Waals surface area contributed by atoms with E-state index in [4.69, 9.17) is 5.73 Å². The van der Waals surface area contributed by atoms with Crippen LogP contribution in [0.4, 0.5) is 0 Å². The molecular weight excluding hydrogens is 222 g/mol. The number of hydrogen-bond donors (Lipinski definition) is 1. The number of aromatic nitrogens is 2. The molecule has 1 unspecified atom stereocenters. The summed E-state index contributed by atoms with van der Waals surface area (Å²) in [5, 5.41) is 2.25.